The first kappa shape index (κ1) is 10.4. The van der Waals surface area contributed by atoms with Gasteiger partial charge in [0.15, 0.2) is 4.34 Å². The van der Waals surface area contributed by atoms with Crippen LogP contribution in [0.2, 0.25) is 0 Å². The lowest BCUT2D eigenvalue weighted by Crippen LogP contribution is -2.29. The summed E-state index contributed by atoms with van der Waals surface area (Å²) < 4.78 is 5.09. The monoisotopic (exact) mass is 229 g/mol. The molecule has 2 heterocycles. The van der Waals surface area contributed by atoms with E-state index in [1.165, 1.54) is 49.6 Å². The Hall–Kier alpha value is -0.130. The second-order valence-electron chi connectivity index (χ2n) is 3.56. The van der Waals surface area contributed by atoms with E-state index in [-0.39, 0.29) is 0 Å². The summed E-state index contributed by atoms with van der Waals surface area (Å²) in [6, 6.07) is 0. The van der Waals surface area contributed by atoms with Crippen molar-refractivity contribution in [2.45, 2.75) is 23.6 Å². The SMILES string of the molecule is c1nsc(SCCC2CCCNC2)n1. The second kappa shape index (κ2) is 5.68. The molecule has 0 spiro atoms. The third-order valence-corrected chi connectivity index (χ3v) is 4.32. The highest BCUT2D eigenvalue weighted by atomic mass is 32.2. The Bertz CT molecular complexity index is 245. The van der Waals surface area contributed by atoms with E-state index < -0.39 is 0 Å². The molecule has 1 saturated heterocycles. The molecule has 1 aliphatic heterocycles. The number of nitrogens with zero attached hydrogens (tertiary/aromatic N) is 2. The number of nitrogens with one attached hydrogen (secondary N) is 1. The van der Waals surface area contributed by atoms with E-state index in [9.17, 15) is 0 Å². The maximum absolute atomic E-state index is 4.15. The van der Waals surface area contributed by atoms with Gasteiger partial charge in [-0.05, 0) is 49.8 Å². The van der Waals surface area contributed by atoms with Crippen LogP contribution in [0.4, 0.5) is 0 Å². The molecule has 0 aliphatic carbocycles. The van der Waals surface area contributed by atoms with Gasteiger partial charge in [0.1, 0.15) is 6.33 Å². The van der Waals surface area contributed by atoms with Crippen LogP contribution in [0.1, 0.15) is 19.3 Å². The van der Waals surface area contributed by atoms with Gasteiger partial charge in [-0.1, -0.05) is 11.8 Å². The van der Waals surface area contributed by atoms with E-state index in [1.807, 2.05) is 11.8 Å². The molecule has 1 aromatic rings. The number of thioether (sulfide) groups is 1. The number of aromatic nitrogens is 2. The lowest BCUT2D eigenvalue weighted by Gasteiger charge is -2.22. The van der Waals surface area contributed by atoms with Crippen molar-refractivity contribution < 1.29 is 0 Å². The molecule has 0 radical (unpaired) electrons. The second-order valence-corrected chi connectivity index (χ2v) is 5.68. The van der Waals surface area contributed by atoms with Crippen molar-refractivity contribution in [2.75, 3.05) is 18.8 Å². The van der Waals surface area contributed by atoms with Crippen LogP contribution >= 0.6 is 23.3 Å². The lowest BCUT2D eigenvalue weighted by molar-refractivity contribution is 0.371. The maximum Gasteiger partial charge on any atom is 0.169 e. The maximum atomic E-state index is 4.15. The van der Waals surface area contributed by atoms with Crippen molar-refractivity contribution in [3.05, 3.63) is 6.33 Å². The van der Waals surface area contributed by atoms with Gasteiger partial charge in [-0.15, -0.1) is 0 Å². The lowest BCUT2D eigenvalue weighted by atomic mass is 9.97. The van der Waals surface area contributed by atoms with Crippen LogP contribution in [0.25, 0.3) is 0 Å². The standard InChI is InChI=1S/C9H15N3S2/c1-2-8(6-10-4-1)3-5-13-9-11-7-12-14-9/h7-8,10H,1-6H2. The van der Waals surface area contributed by atoms with Gasteiger partial charge in [-0.3, -0.25) is 0 Å². The minimum Gasteiger partial charge on any atom is -0.316 e. The molecule has 2 rings (SSSR count). The summed E-state index contributed by atoms with van der Waals surface area (Å²) in [6.07, 6.45) is 5.67. The average Bonchev–Trinajstić information content (AvgIpc) is 2.72. The summed E-state index contributed by atoms with van der Waals surface area (Å²) in [4.78, 5) is 4.15. The third-order valence-electron chi connectivity index (χ3n) is 2.49. The first-order valence-corrected chi connectivity index (χ1v) is 6.81. The van der Waals surface area contributed by atoms with E-state index in [4.69, 9.17) is 0 Å². The molecule has 0 saturated carbocycles. The van der Waals surface area contributed by atoms with Crippen molar-refractivity contribution in [3.8, 4) is 0 Å². The first-order valence-electron chi connectivity index (χ1n) is 5.05. The molecule has 78 valence electrons. The molecule has 0 amide bonds. The molecule has 1 fully saturated rings. The van der Waals surface area contributed by atoms with Crippen LogP contribution in [0.15, 0.2) is 10.7 Å². The molecule has 14 heavy (non-hydrogen) atoms. The van der Waals surface area contributed by atoms with Crippen LogP contribution in [-0.2, 0) is 0 Å². The topological polar surface area (TPSA) is 37.8 Å². The van der Waals surface area contributed by atoms with Crippen molar-refractivity contribution in [2.24, 2.45) is 5.92 Å². The van der Waals surface area contributed by atoms with Crippen molar-refractivity contribution in [1.29, 1.82) is 0 Å². The van der Waals surface area contributed by atoms with Crippen LogP contribution in [0.5, 0.6) is 0 Å². The number of hydrogen-bond acceptors (Lipinski definition) is 5. The van der Waals surface area contributed by atoms with Crippen LogP contribution in [0.3, 0.4) is 0 Å². The van der Waals surface area contributed by atoms with Crippen molar-refractivity contribution in [1.82, 2.24) is 14.7 Å². The quantitative estimate of drug-likeness (QED) is 0.802. The van der Waals surface area contributed by atoms with Gasteiger partial charge in [-0.2, -0.15) is 4.37 Å². The number of rotatable bonds is 4. The van der Waals surface area contributed by atoms with Crippen LogP contribution in [-0.4, -0.2) is 28.2 Å². The zero-order valence-electron chi connectivity index (χ0n) is 8.11. The summed E-state index contributed by atoms with van der Waals surface area (Å²) in [5, 5.41) is 3.44. The summed E-state index contributed by atoms with van der Waals surface area (Å²) in [7, 11) is 0. The normalized spacial score (nSPS) is 22.4. The average molecular weight is 229 g/mol. The van der Waals surface area contributed by atoms with E-state index in [2.05, 4.69) is 14.7 Å². The zero-order valence-corrected chi connectivity index (χ0v) is 9.74. The zero-order chi connectivity index (χ0) is 9.64. The first-order chi connectivity index (χ1) is 6.95. The Labute approximate surface area is 92.9 Å². The van der Waals surface area contributed by atoms with Gasteiger partial charge >= 0.3 is 0 Å². The highest BCUT2D eigenvalue weighted by Crippen LogP contribution is 2.23. The largest absolute Gasteiger partial charge is 0.316 e. The summed E-state index contributed by atoms with van der Waals surface area (Å²) in [5.41, 5.74) is 0. The summed E-state index contributed by atoms with van der Waals surface area (Å²) in [6.45, 7) is 2.41. The molecule has 1 N–H and O–H groups in total. The van der Waals surface area contributed by atoms with Gasteiger partial charge < -0.3 is 5.32 Å². The molecule has 1 unspecified atom stereocenters. The number of hydrogen-bond donors (Lipinski definition) is 1. The smallest absolute Gasteiger partial charge is 0.169 e. The van der Waals surface area contributed by atoms with Gasteiger partial charge in [0, 0.05) is 5.75 Å². The Morgan fingerprint density at radius 1 is 1.64 bits per heavy atom. The van der Waals surface area contributed by atoms with Gasteiger partial charge in [-0.25, -0.2) is 4.98 Å². The third kappa shape index (κ3) is 3.22. The van der Waals surface area contributed by atoms with Crippen molar-refractivity contribution in [3.63, 3.8) is 0 Å². The van der Waals surface area contributed by atoms with Crippen LogP contribution in [0, 0.1) is 5.92 Å². The van der Waals surface area contributed by atoms with E-state index in [0.29, 0.717) is 0 Å². The van der Waals surface area contributed by atoms with Gasteiger partial charge in [0.05, 0.1) is 0 Å². The van der Waals surface area contributed by atoms with E-state index >= 15 is 0 Å². The van der Waals surface area contributed by atoms with Crippen molar-refractivity contribution >= 4 is 23.3 Å². The Morgan fingerprint density at radius 3 is 3.36 bits per heavy atom. The molecule has 0 bridgehead atoms. The molecular weight excluding hydrogens is 214 g/mol. The summed E-state index contributed by atoms with van der Waals surface area (Å²) >= 11 is 3.33. The fourth-order valence-corrected chi connectivity index (χ4v) is 3.33. The Morgan fingerprint density at radius 2 is 2.64 bits per heavy atom. The Balaban J connectivity index is 1.62. The predicted molar refractivity (Wildman–Crippen MR) is 60.8 cm³/mol. The summed E-state index contributed by atoms with van der Waals surface area (Å²) in [5.74, 6) is 2.06. The Kier molecular flexibility index (Phi) is 4.21. The fraction of sp³-hybridized carbons (Fsp3) is 0.778. The van der Waals surface area contributed by atoms with Crippen LogP contribution < -0.4 is 5.32 Å². The molecule has 1 aliphatic rings. The predicted octanol–water partition coefficient (Wildman–Crippen LogP) is 2.02. The van der Waals surface area contributed by atoms with Gasteiger partial charge in [0.25, 0.3) is 0 Å². The minimum absolute atomic E-state index is 0.879. The van der Waals surface area contributed by atoms with E-state index in [1.54, 1.807) is 6.33 Å². The number of piperidine rings is 1. The highest BCUT2D eigenvalue weighted by Gasteiger charge is 2.12. The van der Waals surface area contributed by atoms with E-state index in [0.717, 1.165) is 10.3 Å². The molecule has 1 atom stereocenters. The highest BCUT2D eigenvalue weighted by molar-refractivity contribution is 8.00. The fourth-order valence-electron chi connectivity index (χ4n) is 1.71. The molecule has 1 aromatic heterocycles. The molecular formula is C9H15N3S2. The molecule has 0 aromatic carbocycles. The molecule has 5 heteroatoms. The molecule has 3 nitrogen and oxygen atoms in total. The minimum atomic E-state index is 0.879. The van der Waals surface area contributed by atoms with Gasteiger partial charge in [0.2, 0.25) is 0 Å².